The summed E-state index contributed by atoms with van der Waals surface area (Å²) in [5.74, 6) is -3.65. The summed E-state index contributed by atoms with van der Waals surface area (Å²) in [6.45, 7) is 1.03. The Morgan fingerprint density at radius 2 is 1.91 bits per heavy atom. The maximum atomic E-state index is 13.9. The molecule has 0 fully saturated rings. The van der Waals surface area contributed by atoms with E-state index in [9.17, 15) is 35.2 Å². The summed E-state index contributed by atoms with van der Waals surface area (Å²) < 4.78 is 94.2. The van der Waals surface area contributed by atoms with Crippen LogP contribution in [0.3, 0.4) is 0 Å². The third kappa shape index (κ3) is 7.41. The zero-order valence-electron chi connectivity index (χ0n) is 17.6. The van der Waals surface area contributed by atoms with E-state index in [1.807, 2.05) is 0 Å². The topological polar surface area (TPSA) is 97.4 Å². The van der Waals surface area contributed by atoms with Crippen LogP contribution in [0.4, 0.5) is 27.8 Å². The van der Waals surface area contributed by atoms with Crippen molar-refractivity contribution in [3.8, 4) is 5.75 Å². The average Bonchev–Trinajstić information content (AvgIpc) is 2.69. The fourth-order valence-electron chi connectivity index (χ4n) is 2.68. The Bertz CT molecular complexity index is 1170. The highest BCUT2D eigenvalue weighted by Gasteiger charge is 2.33. The Labute approximate surface area is 186 Å². The molecule has 1 heterocycles. The average molecular weight is 493 g/mol. The molecule has 1 amide bonds. The Morgan fingerprint density at radius 3 is 2.48 bits per heavy atom. The number of nitrogens with zero attached hydrogens (tertiary/aromatic N) is 1. The van der Waals surface area contributed by atoms with Crippen LogP contribution in [0.2, 0.25) is 0 Å². The van der Waals surface area contributed by atoms with Gasteiger partial charge in [-0.15, -0.1) is 0 Å². The van der Waals surface area contributed by atoms with Crippen molar-refractivity contribution in [1.82, 2.24) is 10.3 Å². The highest BCUT2D eigenvalue weighted by molar-refractivity contribution is 7.93. The lowest BCUT2D eigenvalue weighted by molar-refractivity contribution is -0.141. The SMILES string of the molecule is COc1c(F)cc(F)cc1CNc1nc(C(F)(F)F)ccc1C(=O)N[C@@H](C)/C=C/S(C)(=O)=O. The van der Waals surface area contributed by atoms with Crippen LogP contribution in [0.1, 0.15) is 28.5 Å². The lowest BCUT2D eigenvalue weighted by atomic mass is 10.1. The van der Waals surface area contributed by atoms with Crippen LogP contribution in [0.25, 0.3) is 0 Å². The summed E-state index contributed by atoms with van der Waals surface area (Å²) in [6, 6.07) is 2.18. The molecule has 2 aromatic rings. The number of methoxy groups -OCH3 is 1. The van der Waals surface area contributed by atoms with Crippen LogP contribution in [-0.2, 0) is 22.6 Å². The van der Waals surface area contributed by atoms with E-state index >= 15 is 0 Å². The number of hydrogen-bond donors (Lipinski definition) is 2. The lowest BCUT2D eigenvalue weighted by Crippen LogP contribution is -2.32. The number of hydrogen-bond acceptors (Lipinski definition) is 6. The number of aromatic nitrogens is 1. The molecule has 0 saturated carbocycles. The van der Waals surface area contributed by atoms with Crippen molar-refractivity contribution >= 4 is 21.6 Å². The van der Waals surface area contributed by atoms with Crippen molar-refractivity contribution in [3.05, 3.63) is 64.2 Å². The zero-order chi connectivity index (χ0) is 25.0. The van der Waals surface area contributed by atoms with E-state index in [4.69, 9.17) is 4.74 Å². The number of nitrogens with one attached hydrogen (secondary N) is 2. The number of rotatable bonds is 8. The quantitative estimate of drug-likeness (QED) is 0.545. The largest absolute Gasteiger partial charge is 0.493 e. The molecule has 0 aliphatic rings. The standard InChI is InChI=1S/C20H20F5N3O4S/c1-11(6-7-33(3,30)31)27-19(29)14-4-5-16(20(23,24)25)28-18(14)26-10-12-8-13(21)9-15(22)17(12)32-2/h4-9,11H,10H2,1-3H3,(H,26,28)(H,27,29)/b7-6+/t11-/m0/s1. The number of ether oxygens (including phenoxy) is 1. The van der Waals surface area contributed by atoms with Gasteiger partial charge in [-0.25, -0.2) is 22.2 Å². The molecule has 0 unspecified atom stereocenters. The first-order chi connectivity index (χ1) is 15.2. The first-order valence-corrected chi connectivity index (χ1v) is 11.2. The molecule has 0 bridgehead atoms. The third-order valence-corrected chi connectivity index (χ3v) is 4.79. The summed E-state index contributed by atoms with van der Waals surface area (Å²) in [5, 5.41) is 5.76. The molecular weight excluding hydrogens is 473 g/mol. The molecule has 2 rings (SSSR count). The van der Waals surface area contributed by atoms with E-state index in [2.05, 4.69) is 15.6 Å². The van der Waals surface area contributed by atoms with Gasteiger partial charge in [0.05, 0.1) is 12.7 Å². The van der Waals surface area contributed by atoms with E-state index in [0.717, 1.165) is 30.9 Å². The summed E-state index contributed by atoms with van der Waals surface area (Å²) in [7, 11) is -2.33. The Kier molecular flexibility index (Phi) is 8.01. The molecule has 1 atom stereocenters. The van der Waals surface area contributed by atoms with Crippen molar-refractivity contribution < 1.29 is 39.9 Å². The Morgan fingerprint density at radius 1 is 1.24 bits per heavy atom. The monoisotopic (exact) mass is 493 g/mol. The van der Waals surface area contributed by atoms with Crippen LogP contribution in [0.5, 0.6) is 5.75 Å². The van der Waals surface area contributed by atoms with Gasteiger partial charge < -0.3 is 15.4 Å². The number of amides is 1. The minimum absolute atomic E-state index is 0.0648. The Hall–Kier alpha value is -3.22. The second-order valence-corrected chi connectivity index (χ2v) is 8.88. The lowest BCUT2D eigenvalue weighted by Gasteiger charge is -2.16. The van der Waals surface area contributed by atoms with Crippen molar-refractivity contribution in [3.63, 3.8) is 0 Å². The molecule has 33 heavy (non-hydrogen) atoms. The first-order valence-electron chi connectivity index (χ1n) is 9.24. The second kappa shape index (κ2) is 10.1. The third-order valence-electron chi connectivity index (χ3n) is 4.14. The van der Waals surface area contributed by atoms with Gasteiger partial charge in [-0.3, -0.25) is 4.79 Å². The number of carbonyl (C=O) groups excluding carboxylic acids is 1. The molecule has 180 valence electrons. The molecule has 1 aromatic carbocycles. The van der Waals surface area contributed by atoms with Gasteiger partial charge in [0, 0.05) is 35.9 Å². The van der Waals surface area contributed by atoms with Crippen molar-refractivity contribution in [1.29, 1.82) is 0 Å². The molecule has 0 spiro atoms. The first kappa shape index (κ1) is 26.0. The number of anilines is 1. The summed E-state index contributed by atoms with van der Waals surface area (Å²) in [4.78, 5) is 16.0. The molecule has 0 radical (unpaired) electrons. The molecule has 13 heteroatoms. The van der Waals surface area contributed by atoms with Gasteiger partial charge in [0.25, 0.3) is 5.91 Å². The van der Waals surface area contributed by atoms with Gasteiger partial charge in [-0.2, -0.15) is 13.2 Å². The van der Waals surface area contributed by atoms with Crippen molar-refractivity contribution in [2.75, 3.05) is 18.7 Å². The number of sulfone groups is 1. The van der Waals surface area contributed by atoms with Gasteiger partial charge in [-0.05, 0) is 25.1 Å². The summed E-state index contributed by atoms with van der Waals surface area (Å²) in [5.41, 5.74) is -1.67. The number of halogens is 5. The van der Waals surface area contributed by atoms with Crippen LogP contribution in [0, 0.1) is 11.6 Å². The van der Waals surface area contributed by atoms with Crippen LogP contribution >= 0.6 is 0 Å². The van der Waals surface area contributed by atoms with Crippen LogP contribution in [0.15, 0.2) is 35.7 Å². The molecule has 0 saturated heterocycles. The molecule has 2 N–H and O–H groups in total. The van der Waals surface area contributed by atoms with Crippen molar-refractivity contribution in [2.45, 2.75) is 25.7 Å². The summed E-state index contributed by atoms with van der Waals surface area (Å²) in [6.07, 6.45) is -2.69. The molecule has 0 aliphatic carbocycles. The molecular formula is C20H20F5N3O4S. The van der Waals surface area contributed by atoms with Gasteiger partial charge in [-0.1, -0.05) is 6.08 Å². The van der Waals surface area contributed by atoms with Gasteiger partial charge in [0.2, 0.25) is 0 Å². The number of alkyl halides is 3. The van der Waals surface area contributed by atoms with E-state index in [1.54, 1.807) is 0 Å². The van der Waals surface area contributed by atoms with Gasteiger partial charge in [0.15, 0.2) is 21.4 Å². The fourth-order valence-corrected chi connectivity index (χ4v) is 3.20. The highest BCUT2D eigenvalue weighted by atomic mass is 32.2. The fraction of sp³-hybridized carbons (Fsp3) is 0.300. The normalized spacial score (nSPS) is 13.1. The van der Waals surface area contributed by atoms with E-state index in [1.165, 1.54) is 13.0 Å². The maximum absolute atomic E-state index is 13.9. The Balaban J connectivity index is 2.38. The smallest absolute Gasteiger partial charge is 0.433 e. The highest BCUT2D eigenvalue weighted by Crippen LogP contribution is 2.30. The van der Waals surface area contributed by atoms with Crippen LogP contribution < -0.4 is 15.4 Å². The van der Waals surface area contributed by atoms with E-state index < -0.39 is 57.7 Å². The minimum atomic E-state index is -4.82. The molecule has 0 aliphatic heterocycles. The van der Waals surface area contributed by atoms with Crippen molar-refractivity contribution in [2.24, 2.45) is 0 Å². The number of carbonyl (C=O) groups is 1. The predicted molar refractivity (Wildman–Crippen MR) is 110 cm³/mol. The predicted octanol–water partition coefficient (Wildman–Crippen LogP) is 3.68. The maximum Gasteiger partial charge on any atom is 0.433 e. The van der Waals surface area contributed by atoms with Gasteiger partial charge in [0.1, 0.15) is 17.3 Å². The van der Waals surface area contributed by atoms with Gasteiger partial charge >= 0.3 is 6.18 Å². The number of pyridine rings is 1. The van der Waals surface area contributed by atoms with E-state index in [0.29, 0.717) is 12.1 Å². The zero-order valence-corrected chi connectivity index (χ0v) is 18.4. The molecule has 1 aromatic heterocycles. The number of benzene rings is 1. The summed E-state index contributed by atoms with van der Waals surface area (Å²) >= 11 is 0. The molecule has 7 nitrogen and oxygen atoms in total. The second-order valence-electron chi connectivity index (χ2n) is 6.94. The van der Waals surface area contributed by atoms with Crippen LogP contribution in [-0.4, -0.2) is 38.7 Å². The minimum Gasteiger partial charge on any atom is -0.493 e. The van der Waals surface area contributed by atoms with E-state index in [-0.39, 0.29) is 16.9 Å².